The molecule has 0 aromatic heterocycles. The first kappa shape index (κ1) is 16.7. The normalized spacial score (nSPS) is 20.6. The largest absolute Gasteiger partial charge is 0.366 e. The first-order valence-corrected chi connectivity index (χ1v) is 9.11. The molecule has 3 N–H and O–H groups in total. The van der Waals surface area contributed by atoms with Gasteiger partial charge in [0.25, 0.3) is 5.91 Å². The standard InChI is InChI=1S/C19H17N3O3S/c20-17(24)13-5-3-4-12(10-13)11-21-18(25)19-9-8-16(23)22(19)14-6-1-2-7-15(14)26-19/h1-7,10H,8-9,11H2,(H2,20,24)(H,21,25)/t19-/m0/s1. The van der Waals surface area contributed by atoms with Crippen molar-refractivity contribution in [3.8, 4) is 0 Å². The quantitative estimate of drug-likeness (QED) is 0.865. The molecule has 6 nitrogen and oxygen atoms in total. The highest BCUT2D eigenvalue weighted by molar-refractivity contribution is 8.02. The number of fused-ring (bicyclic) bond motifs is 3. The van der Waals surface area contributed by atoms with Gasteiger partial charge in [0.05, 0.1) is 5.69 Å². The number of amides is 3. The first-order chi connectivity index (χ1) is 12.5. The lowest BCUT2D eigenvalue weighted by Gasteiger charge is -2.29. The van der Waals surface area contributed by atoms with Crippen LogP contribution in [0, 0.1) is 0 Å². The molecule has 1 atom stereocenters. The zero-order chi connectivity index (χ0) is 18.3. The summed E-state index contributed by atoms with van der Waals surface area (Å²) in [6, 6.07) is 14.4. The van der Waals surface area contributed by atoms with E-state index in [2.05, 4.69) is 5.32 Å². The maximum atomic E-state index is 13.0. The summed E-state index contributed by atoms with van der Waals surface area (Å²) in [7, 11) is 0. The third kappa shape index (κ3) is 2.55. The van der Waals surface area contributed by atoms with E-state index >= 15 is 0 Å². The summed E-state index contributed by atoms with van der Waals surface area (Å²) in [5.41, 5.74) is 7.27. The maximum Gasteiger partial charge on any atom is 0.257 e. The molecular weight excluding hydrogens is 350 g/mol. The molecular formula is C19H17N3O3S. The summed E-state index contributed by atoms with van der Waals surface area (Å²) >= 11 is 1.43. The lowest BCUT2D eigenvalue weighted by molar-refractivity contribution is -0.124. The van der Waals surface area contributed by atoms with E-state index in [4.69, 9.17) is 5.73 Å². The number of primary amides is 1. The molecule has 3 amide bonds. The number of nitrogens with zero attached hydrogens (tertiary/aromatic N) is 1. The minimum absolute atomic E-state index is 0.0340. The molecule has 2 aliphatic heterocycles. The number of thioether (sulfide) groups is 1. The van der Waals surface area contributed by atoms with Crippen molar-refractivity contribution in [3.05, 3.63) is 59.7 Å². The number of carbonyl (C=O) groups is 3. The molecule has 2 aromatic carbocycles. The van der Waals surface area contributed by atoms with Crippen LogP contribution in [0.4, 0.5) is 5.69 Å². The van der Waals surface area contributed by atoms with Crippen LogP contribution in [0.25, 0.3) is 0 Å². The number of nitrogens with one attached hydrogen (secondary N) is 1. The minimum Gasteiger partial charge on any atom is -0.366 e. The third-order valence-corrected chi connectivity index (χ3v) is 6.17. The van der Waals surface area contributed by atoms with Crippen LogP contribution in [0.2, 0.25) is 0 Å². The zero-order valence-corrected chi connectivity index (χ0v) is 14.7. The second-order valence-electron chi connectivity index (χ2n) is 6.33. The van der Waals surface area contributed by atoms with Crippen LogP contribution >= 0.6 is 11.8 Å². The molecule has 0 saturated carbocycles. The van der Waals surface area contributed by atoms with Crippen LogP contribution in [0.15, 0.2) is 53.4 Å². The smallest absolute Gasteiger partial charge is 0.257 e. The number of hydrogen-bond acceptors (Lipinski definition) is 4. The van der Waals surface area contributed by atoms with Crippen LogP contribution in [0.1, 0.15) is 28.8 Å². The van der Waals surface area contributed by atoms with E-state index in [9.17, 15) is 14.4 Å². The van der Waals surface area contributed by atoms with Crippen LogP contribution in [0.3, 0.4) is 0 Å². The Bertz CT molecular complexity index is 930. The van der Waals surface area contributed by atoms with E-state index in [1.807, 2.05) is 30.3 Å². The van der Waals surface area contributed by atoms with Crippen LogP contribution in [-0.2, 0) is 16.1 Å². The average Bonchev–Trinajstić information content (AvgIpc) is 3.16. The molecule has 26 heavy (non-hydrogen) atoms. The minimum atomic E-state index is -0.929. The highest BCUT2D eigenvalue weighted by Gasteiger charge is 2.57. The maximum absolute atomic E-state index is 13.0. The van der Waals surface area contributed by atoms with Crippen molar-refractivity contribution in [3.63, 3.8) is 0 Å². The van der Waals surface area contributed by atoms with Gasteiger partial charge in [-0.05, 0) is 36.2 Å². The number of anilines is 1. The lowest BCUT2D eigenvalue weighted by Crippen LogP contribution is -2.52. The van der Waals surface area contributed by atoms with Crippen molar-refractivity contribution in [1.82, 2.24) is 5.32 Å². The summed E-state index contributed by atoms with van der Waals surface area (Å²) in [5, 5.41) is 2.92. The average molecular weight is 367 g/mol. The zero-order valence-electron chi connectivity index (χ0n) is 13.9. The van der Waals surface area contributed by atoms with Gasteiger partial charge in [0.1, 0.15) is 0 Å². The van der Waals surface area contributed by atoms with Gasteiger partial charge in [-0.2, -0.15) is 0 Å². The summed E-state index contributed by atoms with van der Waals surface area (Å²) < 4.78 is 0. The first-order valence-electron chi connectivity index (χ1n) is 8.29. The molecule has 1 fully saturated rings. The van der Waals surface area contributed by atoms with Gasteiger partial charge in [0.2, 0.25) is 11.8 Å². The van der Waals surface area contributed by atoms with E-state index in [0.717, 1.165) is 16.1 Å². The fourth-order valence-corrected chi connectivity index (χ4v) is 4.89. The van der Waals surface area contributed by atoms with Crippen molar-refractivity contribution >= 4 is 35.2 Å². The van der Waals surface area contributed by atoms with Crippen LogP contribution in [-0.4, -0.2) is 22.6 Å². The van der Waals surface area contributed by atoms with E-state index < -0.39 is 10.8 Å². The number of benzene rings is 2. The Morgan fingerprint density at radius 1 is 1.19 bits per heavy atom. The molecule has 0 bridgehead atoms. The molecule has 0 unspecified atom stereocenters. The lowest BCUT2D eigenvalue weighted by atomic mass is 10.1. The third-order valence-electron chi connectivity index (χ3n) is 4.69. The summed E-state index contributed by atoms with van der Waals surface area (Å²) in [5.74, 6) is -0.742. The van der Waals surface area contributed by atoms with Gasteiger partial charge in [0, 0.05) is 23.4 Å². The Balaban J connectivity index is 1.56. The van der Waals surface area contributed by atoms with E-state index in [1.165, 1.54) is 11.8 Å². The predicted molar refractivity (Wildman–Crippen MR) is 98.6 cm³/mol. The van der Waals surface area contributed by atoms with Gasteiger partial charge in [0.15, 0.2) is 4.87 Å². The van der Waals surface area contributed by atoms with Gasteiger partial charge < -0.3 is 11.1 Å². The monoisotopic (exact) mass is 367 g/mol. The molecule has 0 aliphatic carbocycles. The van der Waals surface area contributed by atoms with Gasteiger partial charge in [-0.1, -0.05) is 36.0 Å². The Morgan fingerprint density at radius 3 is 2.81 bits per heavy atom. The Morgan fingerprint density at radius 2 is 2.00 bits per heavy atom. The molecule has 2 aliphatic rings. The van der Waals surface area contributed by atoms with E-state index in [1.54, 1.807) is 23.1 Å². The number of carbonyl (C=O) groups excluding carboxylic acids is 3. The van der Waals surface area contributed by atoms with Gasteiger partial charge in [-0.25, -0.2) is 0 Å². The number of rotatable bonds is 4. The van der Waals surface area contributed by atoms with Gasteiger partial charge in [-0.3, -0.25) is 19.3 Å². The molecule has 7 heteroatoms. The van der Waals surface area contributed by atoms with Crippen molar-refractivity contribution < 1.29 is 14.4 Å². The molecule has 2 aromatic rings. The SMILES string of the molecule is NC(=O)c1cccc(CNC(=O)[C@@]23CCC(=O)N2c2ccccc2S3)c1. The van der Waals surface area contributed by atoms with Gasteiger partial charge >= 0.3 is 0 Å². The number of hydrogen-bond donors (Lipinski definition) is 2. The van der Waals surface area contributed by atoms with Crippen molar-refractivity contribution in [2.75, 3.05) is 4.90 Å². The summed E-state index contributed by atoms with van der Waals surface area (Å²) in [4.78, 5) is 38.4. The summed E-state index contributed by atoms with van der Waals surface area (Å²) in [6.45, 7) is 0.265. The highest BCUT2D eigenvalue weighted by Crippen LogP contribution is 2.55. The predicted octanol–water partition coefficient (Wildman–Crippen LogP) is 2.03. The topological polar surface area (TPSA) is 92.5 Å². The Hall–Kier alpha value is -2.80. The molecule has 4 rings (SSSR count). The highest BCUT2D eigenvalue weighted by atomic mass is 32.2. The number of para-hydroxylation sites is 1. The molecule has 0 radical (unpaired) electrons. The fraction of sp³-hybridized carbons (Fsp3) is 0.211. The fourth-order valence-electron chi connectivity index (χ4n) is 3.45. The second-order valence-corrected chi connectivity index (χ2v) is 7.65. The van der Waals surface area contributed by atoms with Crippen LogP contribution in [0.5, 0.6) is 0 Å². The van der Waals surface area contributed by atoms with Crippen molar-refractivity contribution in [2.45, 2.75) is 29.2 Å². The van der Waals surface area contributed by atoms with Crippen LogP contribution < -0.4 is 16.0 Å². The molecule has 132 valence electrons. The van der Waals surface area contributed by atoms with Crippen molar-refractivity contribution in [2.24, 2.45) is 5.73 Å². The summed E-state index contributed by atoms with van der Waals surface area (Å²) in [6.07, 6.45) is 0.824. The number of nitrogens with two attached hydrogens (primary N) is 1. The van der Waals surface area contributed by atoms with Crippen molar-refractivity contribution in [1.29, 1.82) is 0 Å². The Kier molecular flexibility index (Phi) is 3.96. The van der Waals surface area contributed by atoms with E-state index in [0.29, 0.717) is 18.4 Å². The molecule has 1 saturated heterocycles. The molecule has 0 spiro atoms. The Labute approximate surface area is 154 Å². The second kappa shape index (κ2) is 6.17. The van der Waals surface area contributed by atoms with E-state index in [-0.39, 0.29) is 18.4 Å². The van der Waals surface area contributed by atoms with Gasteiger partial charge in [-0.15, -0.1) is 0 Å². The molecule has 2 heterocycles.